The van der Waals surface area contributed by atoms with Gasteiger partial charge in [-0.1, -0.05) is 39.5 Å². The van der Waals surface area contributed by atoms with E-state index in [9.17, 15) is 4.79 Å². The zero-order valence-electron chi connectivity index (χ0n) is 18.9. The van der Waals surface area contributed by atoms with Gasteiger partial charge in [0.1, 0.15) is 10.7 Å². The average Bonchev–Trinajstić information content (AvgIpc) is 3.42. The third-order valence-electron chi connectivity index (χ3n) is 5.79. The lowest BCUT2D eigenvalue weighted by Gasteiger charge is -2.17. The first kappa shape index (κ1) is 21.8. The second-order valence-electron chi connectivity index (χ2n) is 9.46. The maximum absolute atomic E-state index is 12.5. The van der Waals surface area contributed by atoms with Crippen LogP contribution in [0.3, 0.4) is 0 Å². The molecule has 0 spiro atoms. The van der Waals surface area contributed by atoms with E-state index in [4.69, 9.17) is 4.98 Å². The molecule has 0 saturated heterocycles. The largest absolute Gasteiger partial charge is 0.301 e. The van der Waals surface area contributed by atoms with Crippen LogP contribution in [0.5, 0.6) is 0 Å². The quantitative estimate of drug-likeness (QED) is 0.396. The number of hydrogen-bond acceptors (Lipinski definition) is 8. The van der Waals surface area contributed by atoms with Gasteiger partial charge in [0.05, 0.1) is 16.8 Å². The van der Waals surface area contributed by atoms with Gasteiger partial charge in [-0.05, 0) is 37.7 Å². The molecule has 5 rings (SSSR count). The van der Waals surface area contributed by atoms with E-state index in [-0.39, 0.29) is 17.1 Å². The number of nitrogens with one attached hydrogen (secondary N) is 1. The molecule has 0 bridgehead atoms. The van der Waals surface area contributed by atoms with Gasteiger partial charge in [0.15, 0.2) is 15.9 Å². The van der Waals surface area contributed by atoms with Crippen LogP contribution in [0.4, 0.5) is 5.13 Å². The molecule has 7 nitrogen and oxygen atoms in total. The molecule has 1 atom stereocenters. The van der Waals surface area contributed by atoms with Gasteiger partial charge < -0.3 is 5.32 Å². The summed E-state index contributed by atoms with van der Waals surface area (Å²) in [5.74, 6) is 1.70. The Morgan fingerprint density at radius 3 is 2.88 bits per heavy atom. The highest BCUT2D eigenvalue weighted by atomic mass is 32.2. The number of thiazole rings is 1. The summed E-state index contributed by atoms with van der Waals surface area (Å²) in [5, 5.41) is 16.3. The Balaban J connectivity index is 1.37. The van der Waals surface area contributed by atoms with E-state index in [1.54, 1.807) is 11.3 Å². The summed E-state index contributed by atoms with van der Waals surface area (Å²) in [6, 6.07) is 0. The minimum Gasteiger partial charge on any atom is -0.301 e. The second-order valence-corrected chi connectivity index (χ2v) is 12.3. The van der Waals surface area contributed by atoms with E-state index in [1.807, 2.05) is 16.7 Å². The number of aryl methyl sites for hydroxylation is 2. The number of thiophene rings is 1. The van der Waals surface area contributed by atoms with Crippen molar-refractivity contribution in [3.8, 4) is 0 Å². The minimum atomic E-state index is -0.102. The molecule has 10 heteroatoms. The molecular formula is C22H26N6OS3. The molecule has 0 saturated carbocycles. The number of fused-ring (bicyclic) bond motifs is 5. The zero-order chi connectivity index (χ0) is 22.6. The number of hydrogen-bond donors (Lipinski definition) is 1. The van der Waals surface area contributed by atoms with Crippen LogP contribution in [0, 0.1) is 12.8 Å². The molecule has 4 aromatic heterocycles. The number of aromatic nitrogens is 5. The van der Waals surface area contributed by atoms with Crippen molar-refractivity contribution in [3.63, 3.8) is 0 Å². The predicted octanol–water partition coefficient (Wildman–Crippen LogP) is 5.26. The van der Waals surface area contributed by atoms with Crippen molar-refractivity contribution in [2.24, 2.45) is 5.92 Å². The molecule has 4 aromatic rings. The van der Waals surface area contributed by atoms with E-state index in [0.717, 1.165) is 40.2 Å². The number of carbonyl (C=O) groups is 1. The van der Waals surface area contributed by atoms with Crippen molar-refractivity contribution in [1.29, 1.82) is 0 Å². The smallest absolute Gasteiger partial charge is 0.236 e. The fourth-order valence-corrected chi connectivity index (χ4v) is 7.18. The van der Waals surface area contributed by atoms with Crippen molar-refractivity contribution in [2.45, 2.75) is 64.5 Å². The lowest BCUT2D eigenvalue weighted by molar-refractivity contribution is -0.113. The van der Waals surface area contributed by atoms with Crippen molar-refractivity contribution >= 4 is 61.3 Å². The third kappa shape index (κ3) is 3.92. The first-order valence-electron chi connectivity index (χ1n) is 10.8. The molecule has 1 N–H and O–H groups in total. The molecule has 168 valence electrons. The molecule has 0 radical (unpaired) electrons. The summed E-state index contributed by atoms with van der Waals surface area (Å²) >= 11 is 4.63. The van der Waals surface area contributed by atoms with Crippen LogP contribution in [0.15, 0.2) is 10.5 Å². The molecule has 1 amide bonds. The van der Waals surface area contributed by atoms with Crippen LogP contribution in [0.25, 0.3) is 15.9 Å². The maximum Gasteiger partial charge on any atom is 0.236 e. The number of anilines is 1. The van der Waals surface area contributed by atoms with Gasteiger partial charge in [-0.2, -0.15) is 0 Å². The summed E-state index contributed by atoms with van der Waals surface area (Å²) in [5.41, 5.74) is 3.19. The molecule has 1 aliphatic carbocycles. The predicted molar refractivity (Wildman–Crippen MR) is 132 cm³/mol. The van der Waals surface area contributed by atoms with Crippen molar-refractivity contribution in [3.05, 3.63) is 27.3 Å². The van der Waals surface area contributed by atoms with E-state index in [2.05, 4.69) is 48.2 Å². The van der Waals surface area contributed by atoms with Gasteiger partial charge in [-0.25, -0.2) is 9.97 Å². The van der Waals surface area contributed by atoms with Gasteiger partial charge in [0.2, 0.25) is 5.91 Å². The van der Waals surface area contributed by atoms with Gasteiger partial charge in [-0.3, -0.25) is 9.20 Å². The Hall–Kier alpha value is -2.04. The van der Waals surface area contributed by atoms with Crippen LogP contribution in [0.2, 0.25) is 0 Å². The number of nitrogens with zero attached hydrogens (tertiary/aromatic N) is 5. The monoisotopic (exact) mass is 486 g/mol. The molecule has 1 aliphatic rings. The first-order chi connectivity index (χ1) is 15.2. The third-order valence-corrected chi connectivity index (χ3v) is 8.62. The minimum absolute atomic E-state index is 0.0383. The second kappa shape index (κ2) is 8.07. The van der Waals surface area contributed by atoms with Crippen LogP contribution in [-0.2, 0) is 23.1 Å². The normalized spacial score (nSPS) is 16.6. The molecule has 0 unspecified atom stereocenters. The highest BCUT2D eigenvalue weighted by Gasteiger charge is 2.25. The van der Waals surface area contributed by atoms with Crippen molar-refractivity contribution in [1.82, 2.24) is 24.6 Å². The Bertz CT molecular complexity index is 1330. The molecule has 32 heavy (non-hydrogen) atoms. The van der Waals surface area contributed by atoms with E-state index < -0.39 is 0 Å². The van der Waals surface area contributed by atoms with E-state index in [1.165, 1.54) is 40.0 Å². The number of carbonyl (C=O) groups excluding carboxylic acids is 1. The summed E-state index contributed by atoms with van der Waals surface area (Å²) in [6.07, 6.45) is 3.38. The lowest BCUT2D eigenvalue weighted by atomic mass is 9.89. The van der Waals surface area contributed by atoms with Crippen LogP contribution in [0.1, 0.15) is 56.1 Å². The number of thioether (sulfide) groups is 1. The SMILES string of the molecule is Cc1nc2sc3c(c2c2nnc(SCC(=O)Nc4nc(C(C)(C)C)cs4)n12)CC[C@@H](C)C3. The standard InChI is InChI=1S/C22H26N6OS3/c1-11-6-7-13-14(8-11)32-19-17(13)18-26-27-21(28(18)12(2)23-19)31-10-16(29)25-20-24-15(9-30-20)22(3,4)5/h9,11H,6-8,10H2,1-5H3,(H,24,25,29)/t11-/m1/s1. The molecular weight excluding hydrogens is 460 g/mol. The zero-order valence-corrected chi connectivity index (χ0v) is 21.3. The Morgan fingerprint density at radius 2 is 2.12 bits per heavy atom. The van der Waals surface area contributed by atoms with Crippen molar-refractivity contribution < 1.29 is 4.79 Å². The number of amides is 1. The van der Waals surface area contributed by atoms with Crippen LogP contribution < -0.4 is 5.32 Å². The van der Waals surface area contributed by atoms with Crippen molar-refractivity contribution in [2.75, 3.05) is 11.1 Å². The lowest BCUT2D eigenvalue weighted by Crippen LogP contribution is -2.16. The fraction of sp³-hybridized carbons (Fsp3) is 0.500. The molecule has 0 aromatic carbocycles. The molecule has 0 aliphatic heterocycles. The highest BCUT2D eigenvalue weighted by molar-refractivity contribution is 7.99. The Labute approximate surface area is 199 Å². The first-order valence-corrected chi connectivity index (χ1v) is 13.4. The summed E-state index contributed by atoms with van der Waals surface area (Å²) in [7, 11) is 0. The average molecular weight is 487 g/mol. The molecule has 0 fully saturated rings. The summed E-state index contributed by atoms with van der Waals surface area (Å²) in [6.45, 7) is 10.6. The summed E-state index contributed by atoms with van der Waals surface area (Å²) < 4.78 is 1.99. The molecule has 4 heterocycles. The van der Waals surface area contributed by atoms with Gasteiger partial charge in [0, 0.05) is 15.7 Å². The van der Waals surface area contributed by atoms with Gasteiger partial charge >= 0.3 is 0 Å². The van der Waals surface area contributed by atoms with Gasteiger partial charge in [0.25, 0.3) is 0 Å². The fourth-order valence-electron chi connectivity index (χ4n) is 4.02. The Morgan fingerprint density at radius 1 is 1.31 bits per heavy atom. The van der Waals surface area contributed by atoms with E-state index >= 15 is 0 Å². The van der Waals surface area contributed by atoms with Gasteiger partial charge in [-0.15, -0.1) is 32.9 Å². The van der Waals surface area contributed by atoms with Crippen LogP contribution >= 0.6 is 34.4 Å². The Kier molecular flexibility index (Phi) is 5.50. The number of rotatable bonds is 4. The maximum atomic E-state index is 12.5. The van der Waals surface area contributed by atoms with Crippen LogP contribution in [-0.4, -0.2) is 36.2 Å². The topological polar surface area (TPSA) is 85.1 Å². The summed E-state index contributed by atoms with van der Waals surface area (Å²) in [4.78, 5) is 24.4. The highest BCUT2D eigenvalue weighted by Crippen LogP contribution is 2.39. The van der Waals surface area contributed by atoms with E-state index in [0.29, 0.717) is 16.2 Å².